The van der Waals surface area contributed by atoms with Crippen molar-refractivity contribution in [1.82, 2.24) is 10.6 Å². The molecule has 0 unspecified atom stereocenters. The number of aliphatic carboxylic acids is 1. The second-order valence-electron chi connectivity index (χ2n) is 5.63. The number of carbonyl (C=O) groups is 3. The Morgan fingerprint density at radius 3 is 2.25 bits per heavy atom. The van der Waals surface area contributed by atoms with Gasteiger partial charge in [-0.3, -0.25) is 9.59 Å². The normalized spacial score (nSPS) is 13.0. The number of carbonyl (C=O) groups excluding carboxylic acids is 2. The third-order valence-electron chi connectivity index (χ3n) is 3.51. The van der Waals surface area contributed by atoms with Crippen molar-refractivity contribution in [2.75, 3.05) is 0 Å². The third kappa shape index (κ3) is 6.76. The lowest BCUT2D eigenvalue weighted by atomic mass is 10.0. The Labute approximate surface area is 140 Å². The van der Waals surface area contributed by atoms with Crippen LogP contribution >= 0.6 is 0 Å². The molecule has 0 aliphatic rings. The molecule has 0 saturated carbocycles. The van der Waals surface area contributed by atoms with Gasteiger partial charge in [-0.15, -0.1) is 0 Å². The minimum absolute atomic E-state index is 0.145. The Morgan fingerprint density at radius 1 is 1.12 bits per heavy atom. The average molecular weight is 338 g/mol. The Morgan fingerprint density at radius 2 is 1.75 bits per heavy atom. The zero-order valence-corrected chi connectivity index (χ0v) is 13.8. The fourth-order valence-corrected chi connectivity index (χ4v) is 2.25. The summed E-state index contributed by atoms with van der Waals surface area (Å²) in [6.07, 6.45) is 1.94. The molecule has 24 heavy (non-hydrogen) atoms. The fourth-order valence-electron chi connectivity index (χ4n) is 2.25. The molecule has 3 N–H and O–H groups in total. The van der Waals surface area contributed by atoms with Crippen LogP contribution < -0.4 is 10.6 Å². The van der Waals surface area contributed by atoms with Crippen LogP contribution in [0.25, 0.3) is 0 Å². The van der Waals surface area contributed by atoms with Crippen molar-refractivity contribution < 1.29 is 23.9 Å². The maximum Gasteiger partial charge on any atom is 0.326 e. The minimum Gasteiger partial charge on any atom is -0.480 e. The molecule has 0 fully saturated rings. The van der Waals surface area contributed by atoms with Gasteiger partial charge in [0.25, 0.3) is 0 Å². The lowest BCUT2D eigenvalue weighted by Crippen LogP contribution is -2.52. The van der Waals surface area contributed by atoms with E-state index >= 15 is 0 Å². The highest BCUT2D eigenvalue weighted by atomic mass is 19.1. The lowest BCUT2D eigenvalue weighted by Gasteiger charge is -2.21. The molecular formula is C17H23FN2O4. The molecule has 0 aromatic heterocycles. The van der Waals surface area contributed by atoms with E-state index in [0.29, 0.717) is 18.4 Å². The highest BCUT2D eigenvalue weighted by Gasteiger charge is 2.25. The topological polar surface area (TPSA) is 95.5 Å². The van der Waals surface area contributed by atoms with Crippen LogP contribution in [-0.2, 0) is 20.8 Å². The van der Waals surface area contributed by atoms with Crippen molar-refractivity contribution in [3.05, 3.63) is 35.6 Å². The van der Waals surface area contributed by atoms with Crippen LogP contribution in [0.5, 0.6) is 0 Å². The van der Waals surface area contributed by atoms with Gasteiger partial charge in [-0.2, -0.15) is 0 Å². The zero-order valence-electron chi connectivity index (χ0n) is 13.8. The van der Waals surface area contributed by atoms with E-state index in [2.05, 4.69) is 10.6 Å². The van der Waals surface area contributed by atoms with Crippen LogP contribution in [0.3, 0.4) is 0 Å². The van der Waals surface area contributed by atoms with E-state index < -0.39 is 35.7 Å². The van der Waals surface area contributed by atoms with Crippen LogP contribution in [0.15, 0.2) is 24.3 Å². The van der Waals surface area contributed by atoms with Gasteiger partial charge in [-0.25, -0.2) is 9.18 Å². The lowest BCUT2D eigenvalue weighted by molar-refractivity contribution is -0.142. The predicted molar refractivity (Wildman–Crippen MR) is 86.8 cm³/mol. The van der Waals surface area contributed by atoms with E-state index in [9.17, 15) is 23.9 Å². The number of nitrogens with one attached hydrogen (secondary N) is 2. The summed E-state index contributed by atoms with van der Waals surface area (Å²) in [5, 5.41) is 14.2. The first kappa shape index (κ1) is 19.6. The molecule has 7 heteroatoms. The molecule has 0 heterocycles. The van der Waals surface area contributed by atoms with Crippen molar-refractivity contribution in [3.63, 3.8) is 0 Å². The van der Waals surface area contributed by atoms with Crippen molar-refractivity contribution in [3.8, 4) is 0 Å². The van der Waals surface area contributed by atoms with Gasteiger partial charge in [0.1, 0.15) is 17.9 Å². The highest BCUT2D eigenvalue weighted by molar-refractivity contribution is 5.90. The van der Waals surface area contributed by atoms with Crippen molar-refractivity contribution >= 4 is 17.8 Å². The zero-order chi connectivity index (χ0) is 18.1. The molecule has 0 saturated heterocycles. The van der Waals surface area contributed by atoms with Gasteiger partial charge in [-0.1, -0.05) is 31.9 Å². The average Bonchev–Trinajstić information content (AvgIpc) is 2.52. The van der Waals surface area contributed by atoms with Crippen LogP contribution in [0.4, 0.5) is 4.39 Å². The van der Waals surface area contributed by atoms with Crippen molar-refractivity contribution in [1.29, 1.82) is 0 Å². The summed E-state index contributed by atoms with van der Waals surface area (Å²) in [4.78, 5) is 34.9. The van der Waals surface area contributed by atoms with Crippen LogP contribution in [0.1, 0.15) is 38.7 Å². The summed E-state index contributed by atoms with van der Waals surface area (Å²) in [6, 6.07) is 3.64. The van der Waals surface area contributed by atoms with Gasteiger partial charge in [0, 0.05) is 13.3 Å². The molecule has 1 aromatic carbocycles. The number of hydrogen-bond acceptors (Lipinski definition) is 3. The summed E-state index contributed by atoms with van der Waals surface area (Å²) >= 11 is 0. The number of halogens is 1. The van der Waals surface area contributed by atoms with Crippen molar-refractivity contribution in [2.24, 2.45) is 0 Å². The molecule has 0 radical (unpaired) electrons. The summed E-state index contributed by atoms with van der Waals surface area (Å²) in [6.45, 7) is 3.20. The summed E-state index contributed by atoms with van der Waals surface area (Å²) in [7, 11) is 0. The maximum absolute atomic E-state index is 13.0. The molecular weight excluding hydrogens is 315 g/mol. The van der Waals surface area contributed by atoms with E-state index in [4.69, 9.17) is 0 Å². The molecule has 1 rings (SSSR count). The molecule has 2 atom stereocenters. The van der Waals surface area contributed by atoms with E-state index in [1.807, 2.05) is 6.92 Å². The Hall–Kier alpha value is -2.44. The van der Waals surface area contributed by atoms with Gasteiger partial charge in [0.15, 0.2) is 0 Å². The number of rotatable bonds is 9. The number of unbranched alkanes of at least 4 members (excludes halogenated alkanes) is 1. The van der Waals surface area contributed by atoms with E-state index in [1.54, 1.807) is 0 Å². The quantitative estimate of drug-likeness (QED) is 0.638. The third-order valence-corrected chi connectivity index (χ3v) is 3.51. The molecule has 132 valence electrons. The SMILES string of the molecule is CCCC[C@H](NC(=O)[C@@H](Cc1ccc(F)cc1)NC(C)=O)C(=O)O. The molecule has 0 spiro atoms. The highest BCUT2D eigenvalue weighted by Crippen LogP contribution is 2.08. The number of carboxylic acids is 1. The number of carboxylic acid groups (broad SMARTS) is 1. The van der Waals surface area contributed by atoms with Crippen molar-refractivity contribution in [2.45, 2.75) is 51.6 Å². The van der Waals surface area contributed by atoms with Gasteiger partial charge >= 0.3 is 5.97 Å². The summed E-state index contributed by atoms with van der Waals surface area (Å²) in [5.41, 5.74) is 0.658. The van der Waals surface area contributed by atoms with Crippen LogP contribution in [0.2, 0.25) is 0 Å². The fraction of sp³-hybridized carbons (Fsp3) is 0.471. The molecule has 0 aliphatic carbocycles. The van der Waals surface area contributed by atoms with Crippen LogP contribution in [0, 0.1) is 5.82 Å². The van der Waals surface area contributed by atoms with E-state index in [1.165, 1.54) is 31.2 Å². The molecule has 2 amide bonds. The summed E-state index contributed by atoms with van der Waals surface area (Å²) in [5.74, 6) is -2.49. The smallest absolute Gasteiger partial charge is 0.326 e. The molecule has 0 aliphatic heterocycles. The van der Waals surface area contributed by atoms with Gasteiger partial charge < -0.3 is 15.7 Å². The molecule has 1 aromatic rings. The predicted octanol–water partition coefficient (Wildman–Crippen LogP) is 1.63. The van der Waals surface area contributed by atoms with Gasteiger partial charge in [0.05, 0.1) is 0 Å². The molecule has 0 bridgehead atoms. The van der Waals surface area contributed by atoms with Crippen LogP contribution in [-0.4, -0.2) is 35.0 Å². The monoisotopic (exact) mass is 338 g/mol. The number of amides is 2. The first-order valence-electron chi connectivity index (χ1n) is 7.88. The van der Waals surface area contributed by atoms with E-state index in [-0.39, 0.29) is 6.42 Å². The second kappa shape index (κ2) is 9.64. The first-order chi connectivity index (χ1) is 11.3. The maximum atomic E-state index is 13.0. The van der Waals surface area contributed by atoms with E-state index in [0.717, 1.165) is 6.42 Å². The summed E-state index contributed by atoms with van der Waals surface area (Å²) < 4.78 is 13.0. The standard InChI is InChI=1S/C17H23FN2O4/c1-3-4-5-14(17(23)24)20-16(22)15(19-11(2)21)10-12-6-8-13(18)9-7-12/h6-9,14-15H,3-5,10H2,1-2H3,(H,19,21)(H,20,22)(H,23,24)/t14-,15+/m0/s1. The Bertz CT molecular complexity index is 574. The Balaban J connectivity index is 2.81. The first-order valence-corrected chi connectivity index (χ1v) is 7.88. The van der Waals surface area contributed by atoms with Gasteiger partial charge in [-0.05, 0) is 24.1 Å². The number of hydrogen-bond donors (Lipinski definition) is 3. The largest absolute Gasteiger partial charge is 0.480 e. The Kier molecular flexibility index (Phi) is 7.88. The minimum atomic E-state index is -1.11. The second-order valence-corrected chi connectivity index (χ2v) is 5.63. The van der Waals surface area contributed by atoms with Gasteiger partial charge in [0.2, 0.25) is 11.8 Å². The molecule has 6 nitrogen and oxygen atoms in total. The number of benzene rings is 1.